The van der Waals surface area contributed by atoms with Gasteiger partial charge in [-0.3, -0.25) is 4.79 Å². The van der Waals surface area contributed by atoms with Gasteiger partial charge in [-0.15, -0.1) is 0 Å². The van der Waals surface area contributed by atoms with Gasteiger partial charge >= 0.3 is 0 Å². The van der Waals surface area contributed by atoms with Crippen molar-refractivity contribution in [3.05, 3.63) is 106 Å². The second kappa shape index (κ2) is 7.94. The molecule has 0 spiro atoms. The number of aromatic nitrogens is 2. The fourth-order valence-corrected chi connectivity index (χ4v) is 3.53. The number of halogens is 1. The first kappa shape index (κ1) is 19.0. The number of hydrogen-bond donors (Lipinski definition) is 1. The molecule has 4 aromatic rings. The van der Waals surface area contributed by atoms with Gasteiger partial charge in [0.1, 0.15) is 0 Å². The fraction of sp³-hybridized carbons (Fsp3) is 0.0833. The number of benzene rings is 3. The van der Waals surface area contributed by atoms with Crippen LogP contribution in [0.2, 0.25) is 5.02 Å². The molecular weight excluding hydrogens is 382 g/mol. The van der Waals surface area contributed by atoms with Crippen molar-refractivity contribution in [2.45, 2.75) is 13.3 Å². The second-order valence-corrected chi connectivity index (χ2v) is 7.40. The van der Waals surface area contributed by atoms with E-state index in [1.807, 2.05) is 78.3 Å². The number of carbonyl (C=O) groups is 1. The van der Waals surface area contributed by atoms with Crippen molar-refractivity contribution in [3.63, 3.8) is 0 Å². The first-order chi connectivity index (χ1) is 14.0. The molecule has 0 aliphatic rings. The van der Waals surface area contributed by atoms with Gasteiger partial charge in [-0.25, -0.2) is 4.68 Å². The number of hydrogen-bond acceptors (Lipinski definition) is 2. The number of primary amides is 1. The van der Waals surface area contributed by atoms with Gasteiger partial charge in [0.25, 0.3) is 0 Å². The smallest absolute Gasteiger partial charge is 0.248 e. The fourth-order valence-electron chi connectivity index (χ4n) is 3.40. The van der Waals surface area contributed by atoms with Crippen molar-refractivity contribution in [3.8, 4) is 16.9 Å². The van der Waals surface area contributed by atoms with Crippen LogP contribution < -0.4 is 5.73 Å². The number of carbonyl (C=O) groups excluding carboxylic acids is 1. The molecule has 144 valence electrons. The lowest BCUT2D eigenvalue weighted by atomic mass is 10.0. The van der Waals surface area contributed by atoms with Gasteiger partial charge in [-0.05, 0) is 60.5 Å². The van der Waals surface area contributed by atoms with E-state index in [4.69, 9.17) is 22.4 Å². The first-order valence-corrected chi connectivity index (χ1v) is 9.69. The van der Waals surface area contributed by atoms with E-state index in [2.05, 4.69) is 6.07 Å². The molecule has 29 heavy (non-hydrogen) atoms. The first-order valence-electron chi connectivity index (χ1n) is 9.31. The van der Waals surface area contributed by atoms with Gasteiger partial charge in [0.2, 0.25) is 5.91 Å². The Hall–Kier alpha value is -3.37. The van der Waals surface area contributed by atoms with E-state index in [1.165, 1.54) is 0 Å². The number of aryl methyl sites for hydroxylation is 1. The minimum atomic E-state index is -0.422. The molecular formula is C24H20ClN3O. The van der Waals surface area contributed by atoms with E-state index in [9.17, 15) is 4.79 Å². The van der Waals surface area contributed by atoms with Crippen LogP contribution in [-0.4, -0.2) is 15.7 Å². The van der Waals surface area contributed by atoms with Gasteiger partial charge in [-0.2, -0.15) is 5.10 Å². The van der Waals surface area contributed by atoms with E-state index in [0.29, 0.717) is 17.0 Å². The van der Waals surface area contributed by atoms with Crippen molar-refractivity contribution in [1.82, 2.24) is 9.78 Å². The van der Waals surface area contributed by atoms with Gasteiger partial charge < -0.3 is 5.73 Å². The molecule has 4 nitrogen and oxygen atoms in total. The van der Waals surface area contributed by atoms with Crippen LogP contribution >= 0.6 is 11.6 Å². The van der Waals surface area contributed by atoms with Crippen LogP contribution in [0.1, 0.15) is 27.2 Å². The quantitative estimate of drug-likeness (QED) is 0.500. The summed E-state index contributed by atoms with van der Waals surface area (Å²) in [6.45, 7) is 1.89. The Balaban J connectivity index is 1.79. The number of nitrogens with zero attached hydrogens (tertiary/aromatic N) is 2. The highest BCUT2D eigenvalue weighted by atomic mass is 35.5. The third-order valence-corrected chi connectivity index (χ3v) is 5.10. The third kappa shape index (κ3) is 4.08. The zero-order chi connectivity index (χ0) is 20.4. The zero-order valence-electron chi connectivity index (χ0n) is 16.0. The molecule has 0 unspecified atom stereocenters. The van der Waals surface area contributed by atoms with Gasteiger partial charge in [0.15, 0.2) is 0 Å². The second-order valence-electron chi connectivity index (χ2n) is 6.97. The molecule has 0 bridgehead atoms. The van der Waals surface area contributed by atoms with Crippen molar-refractivity contribution in [1.29, 1.82) is 0 Å². The Morgan fingerprint density at radius 1 is 1.00 bits per heavy atom. The number of rotatable bonds is 5. The summed E-state index contributed by atoms with van der Waals surface area (Å²) in [5.41, 5.74) is 11.8. The minimum absolute atomic E-state index is 0.422. The van der Waals surface area contributed by atoms with Crippen molar-refractivity contribution in [2.75, 3.05) is 0 Å². The standard InChI is InChI=1S/C24H20ClN3O/c1-16-13-18(9-12-22(16)24(26)29)23-15-20(14-17-7-10-19(25)11-8-17)27-28(23)21-5-3-2-4-6-21/h2-13,15H,14H2,1H3,(H2,26,29). The Bertz CT molecular complexity index is 1160. The average Bonchev–Trinajstić information content (AvgIpc) is 3.14. The van der Waals surface area contributed by atoms with E-state index < -0.39 is 5.91 Å². The van der Waals surface area contributed by atoms with Gasteiger partial charge in [0.05, 0.1) is 17.1 Å². The van der Waals surface area contributed by atoms with Crippen molar-refractivity contribution < 1.29 is 4.79 Å². The summed E-state index contributed by atoms with van der Waals surface area (Å²) in [5.74, 6) is -0.422. The SMILES string of the molecule is Cc1cc(-c2cc(Cc3ccc(Cl)cc3)nn2-c2ccccc2)ccc1C(N)=O. The maximum Gasteiger partial charge on any atom is 0.248 e. The molecule has 0 atom stereocenters. The molecule has 4 rings (SSSR count). The molecule has 0 fully saturated rings. The summed E-state index contributed by atoms with van der Waals surface area (Å²) in [4.78, 5) is 11.6. The van der Waals surface area contributed by atoms with Crippen LogP contribution in [0.4, 0.5) is 0 Å². The molecule has 0 aliphatic carbocycles. The van der Waals surface area contributed by atoms with Gasteiger partial charge in [0, 0.05) is 22.6 Å². The van der Waals surface area contributed by atoms with Crippen LogP contribution in [0, 0.1) is 6.92 Å². The highest BCUT2D eigenvalue weighted by molar-refractivity contribution is 6.30. The normalized spacial score (nSPS) is 10.8. The van der Waals surface area contributed by atoms with Crippen LogP contribution in [0.15, 0.2) is 78.9 Å². The average molecular weight is 402 g/mol. The maximum atomic E-state index is 11.6. The Labute approximate surface area is 174 Å². The van der Waals surface area contributed by atoms with Crippen LogP contribution in [-0.2, 0) is 6.42 Å². The Kier molecular flexibility index (Phi) is 5.19. The summed E-state index contributed by atoms with van der Waals surface area (Å²) < 4.78 is 1.93. The summed E-state index contributed by atoms with van der Waals surface area (Å²) >= 11 is 6.00. The monoisotopic (exact) mass is 401 g/mol. The minimum Gasteiger partial charge on any atom is -0.366 e. The molecule has 0 aliphatic heterocycles. The number of nitrogens with two attached hydrogens (primary N) is 1. The molecule has 1 heterocycles. The third-order valence-electron chi connectivity index (χ3n) is 4.85. The predicted molar refractivity (Wildman–Crippen MR) is 117 cm³/mol. The van der Waals surface area contributed by atoms with E-state index in [1.54, 1.807) is 6.07 Å². The molecule has 1 aromatic heterocycles. The largest absolute Gasteiger partial charge is 0.366 e. The summed E-state index contributed by atoms with van der Waals surface area (Å²) in [7, 11) is 0. The molecule has 3 aromatic carbocycles. The van der Waals surface area contributed by atoms with Crippen LogP contribution in [0.25, 0.3) is 16.9 Å². The highest BCUT2D eigenvalue weighted by Crippen LogP contribution is 2.27. The molecule has 0 saturated heterocycles. The molecule has 2 N–H and O–H groups in total. The van der Waals surface area contributed by atoms with Crippen LogP contribution in [0.3, 0.4) is 0 Å². The van der Waals surface area contributed by atoms with Crippen molar-refractivity contribution in [2.24, 2.45) is 5.73 Å². The van der Waals surface area contributed by atoms with E-state index in [-0.39, 0.29) is 0 Å². The maximum absolute atomic E-state index is 11.6. The van der Waals surface area contributed by atoms with Crippen LogP contribution in [0.5, 0.6) is 0 Å². The molecule has 1 amide bonds. The molecule has 0 radical (unpaired) electrons. The van der Waals surface area contributed by atoms with Gasteiger partial charge in [-0.1, -0.05) is 48.0 Å². The molecule has 5 heteroatoms. The summed E-state index contributed by atoms with van der Waals surface area (Å²) in [5, 5.41) is 5.57. The predicted octanol–water partition coefficient (Wildman–Crippen LogP) is 5.19. The lowest BCUT2D eigenvalue weighted by molar-refractivity contribution is 0.0999. The number of para-hydroxylation sites is 1. The van der Waals surface area contributed by atoms with E-state index >= 15 is 0 Å². The molecule has 0 saturated carbocycles. The Morgan fingerprint density at radius 2 is 1.72 bits per heavy atom. The Morgan fingerprint density at radius 3 is 2.38 bits per heavy atom. The topological polar surface area (TPSA) is 60.9 Å². The highest BCUT2D eigenvalue weighted by Gasteiger charge is 2.14. The summed E-state index contributed by atoms with van der Waals surface area (Å²) in [6.07, 6.45) is 0.697. The van der Waals surface area contributed by atoms with E-state index in [0.717, 1.165) is 33.8 Å². The summed E-state index contributed by atoms with van der Waals surface area (Å²) in [6, 6.07) is 25.5. The zero-order valence-corrected chi connectivity index (χ0v) is 16.7. The lowest BCUT2D eigenvalue weighted by Crippen LogP contribution is -2.12. The lowest BCUT2D eigenvalue weighted by Gasteiger charge is -2.09. The number of amides is 1. The van der Waals surface area contributed by atoms with Crippen molar-refractivity contribution >= 4 is 17.5 Å².